The fourth-order valence-corrected chi connectivity index (χ4v) is 2.67. The number of likely N-dealkylation sites (tertiary alicyclic amines) is 1. The van der Waals surface area contributed by atoms with Gasteiger partial charge >= 0.3 is 6.09 Å². The van der Waals surface area contributed by atoms with Gasteiger partial charge in [0, 0.05) is 25.0 Å². The van der Waals surface area contributed by atoms with E-state index in [1.165, 1.54) is 0 Å². The largest absolute Gasteiger partial charge is 0.497 e. The number of hydrogen-bond acceptors (Lipinski definition) is 4. The molecule has 1 saturated heterocycles. The molecule has 1 aliphatic rings. The number of piperidine rings is 1. The zero-order chi connectivity index (χ0) is 16.3. The maximum Gasteiger partial charge on any atom is 0.410 e. The number of nitrogens with zero attached hydrogens (tertiary/aromatic N) is 1. The lowest BCUT2D eigenvalue weighted by Crippen LogP contribution is -2.49. The van der Waals surface area contributed by atoms with Crippen LogP contribution in [0.25, 0.3) is 0 Å². The summed E-state index contributed by atoms with van der Waals surface area (Å²) in [7, 11) is 1.64. The van der Waals surface area contributed by atoms with Gasteiger partial charge in [-0.25, -0.2) is 4.79 Å². The minimum Gasteiger partial charge on any atom is -0.497 e. The zero-order valence-electron chi connectivity index (χ0n) is 13.8. The molecule has 5 nitrogen and oxygen atoms in total. The molecule has 22 heavy (non-hydrogen) atoms. The molecule has 0 aromatic heterocycles. The first kappa shape index (κ1) is 16.6. The van der Waals surface area contributed by atoms with Crippen LogP contribution >= 0.6 is 0 Å². The van der Waals surface area contributed by atoms with Gasteiger partial charge in [-0.05, 0) is 44.9 Å². The van der Waals surface area contributed by atoms with Crippen LogP contribution < -0.4 is 10.5 Å². The second kappa shape index (κ2) is 6.57. The number of benzene rings is 1. The third-order valence-electron chi connectivity index (χ3n) is 3.86. The van der Waals surface area contributed by atoms with Crippen molar-refractivity contribution in [3.63, 3.8) is 0 Å². The summed E-state index contributed by atoms with van der Waals surface area (Å²) in [6.45, 7) is 6.86. The molecule has 0 saturated carbocycles. The SMILES string of the molecule is COc1ccc([C@H]2CN(C(=O)OC(C)(C)C)CC[C@H]2N)cc1. The Morgan fingerprint density at radius 1 is 1.27 bits per heavy atom. The van der Waals surface area contributed by atoms with E-state index in [1.807, 2.05) is 45.0 Å². The maximum atomic E-state index is 12.2. The molecule has 1 amide bonds. The molecule has 2 N–H and O–H groups in total. The van der Waals surface area contributed by atoms with Crippen molar-refractivity contribution < 1.29 is 14.3 Å². The van der Waals surface area contributed by atoms with Gasteiger partial charge < -0.3 is 20.1 Å². The van der Waals surface area contributed by atoms with Gasteiger partial charge in [-0.15, -0.1) is 0 Å². The van der Waals surface area contributed by atoms with Crippen molar-refractivity contribution in [1.29, 1.82) is 0 Å². The first-order valence-electron chi connectivity index (χ1n) is 7.67. The molecule has 122 valence electrons. The summed E-state index contributed by atoms with van der Waals surface area (Å²) in [4.78, 5) is 14.0. The monoisotopic (exact) mass is 306 g/mol. The van der Waals surface area contributed by atoms with Gasteiger partial charge in [0.25, 0.3) is 0 Å². The number of ether oxygens (including phenoxy) is 2. The van der Waals surface area contributed by atoms with Crippen LogP contribution in [0.5, 0.6) is 5.75 Å². The number of methoxy groups -OCH3 is 1. The molecule has 5 heteroatoms. The summed E-state index contributed by atoms with van der Waals surface area (Å²) in [5, 5.41) is 0. The van der Waals surface area contributed by atoms with Crippen molar-refractivity contribution in [2.24, 2.45) is 5.73 Å². The highest BCUT2D eigenvalue weighted by molar-refractivity contribution is 5.68. The highest BCUT2D eigenvalue weighted by atomic mass is 16.6. The van der Waals surface area contributed by atoms with Gasteiger partial charge in [-0.3, -0.25) is 0 Å². The van der Waals surface area contributed by atoms with Gasteiger partial charge in [0.05, 0.1) is 7.11 Å². The van der Waals surface area contributed by atoms with Gasteiger partial charge in [-0.1, -0.05) is 12.1 Å². The number of rotatable bonds is 2. The van der Waals surface area contributed by atoms with Crippen LogP contribution in [0, 0.1) is 0 Å². The van der Waals surface area contributed by atoms with Crippen molar-refractivity contribution in [1.82, 2.24) is 4.90 Å². The Labute approximate surface area is 132 Å². The molecule has 0 aliphatic carbocycles. The summed E-state index contributed by atoms with van der Waals surface area (Å²) in [6, 6.07) is 7.93. The smallest absolute Gasteiger partial charge is 0.410 e. The molecule has 0 spiro atoms. The lowest BCUT2D eigenvalue weighted by atomic mass is 9.86. The van der Waals surface area contributed by atoms with E-state index >= 15 is 0 Å². The van der Waals surface area contributed by atoms with Crippen molar-refractivity contribution in [2.45, 2.75) is 44.8 Å². The summed E-state index contributed by atoms with van der Waals surface area (Å²) in [5.41, 5.74) is 6.91. The van der Waals surface area contributed by atoms with E-state index in [0.29, 0.717) is 13.1 Å². The Kier molecular flexibility index (Phi) is 4.96. The third-order valence-corrected chi connectivity index (χ3v) is 3.86. The molecular formula is C17H26N2O3. The van der Waals surface area contributed by atoms with E-state index in [0.717, 1.165) is 17.7 Å². The van der Waals surface area contributed by atoms with E-state index in [-0.39, 0.29) is 18.1 Å². The van der Waals surface area contributed by atoms with Crippen LogP contribution in [0.3, 0.4) is 0 Å². The predicted molar refractivity (Wildman–Crippen MR) is 86.1 cm³/mol. The summed E-state index contributed by atoms with van der Waals surface area (Å²) < 4.78 is 10.6. The second-order valence-corrected chi connectivity index (χ2v) is 6.76. The molecule has 2 atom stereocenters. The fourth-order valence-electron chi connectivity index (χ4n) is 2.67. The van der Waals surface area contributed by atoms with Crippen molar-refractivity contribution in [3.8, 4) is 5.75 Å². The number of nitrogens with two attached hydrogens (primary N) is 1. The highest BCUT2D eigenvalue weighted by Gasteiger charge is 2.32. The summed E-state index contributed by atoms with van der Waals surface area (Å²) in [6.07, 6.45) is 0.508. The average Bonchev–Trinajstić information content (AvgIpc) is 2.46. The predicted octanol–water partition coefficient (Wildman–Crippen LogP) is 2.75. The molecule has 1 aromatic carbocycles. The summed E-state index contributed by atoms with van der Waals surface area (Å²) in [5.74, 6) is 0.935. The number of hydrogen-bond donors (Lipinski definition) is 1. The first-order chi connectivity index (χ1) is 10.3. The Hall–Kier alpha value is -1.75. The average molecular weight is 306 g/mol. The topological polar surface area (TPSA) is 64.8 Å². The van der Waals surface area contributed by atoms with Crippen molar-refractivity contribution >= 4 is 6.09 Å². The van der Waals surface area contributed by atoms with Gasteiger partial charge in [-0.2, -0.15) is 0 Å². The molecule has 2 rings (SSSR count). The molecule has 1 fully saturated rings. The Morgan fingerprint density at radius 3 is 2.45 bits per heavy atom. The molecule has 0 bridgehead atoms. The quantitative estimate of drug-likeness (QED) is 0.912. The van der Waals surface area contributed by atoms with Crippen LogP contribution in [0.1, 0.15) is 38.7 Å². The minimum atomic E-state index is -0.480. The first-order valence-corrected chi connectivity index (χ1v) is 7.67. The Balaban J connectivity index is 2.08. The van der Waals surface area contributed by atoms with Crippen LogP contribution in [0.4, 0.5) is 4.79 Å². The highest BCUT2D eigenvalue weighted by Crippen LogP contribution is 2.28. The van der Waals surface area contributed by atoms with Gasteiger partial charge in [0.15, 0.2) is 0 Å². The fraction of sp³-hybridized carbons (Fsp3) is 0.588. The van der Waals surface area contributed by atoms with Gasteiger partial charge in [0.1, 0.15) is 11.4 Å². The van der Waals surface area contributed by atoms with E-state index in [2.05, 4.69) is 0 Å². The molecule has 0 unspecified atom stereocenters. The van der Waals surface area contributed by atoms with Gasteiger partial charge in [0.2, 0.25) is 0 Å². The summed E-state index contributed by atoms with van der Waals surface area (Å²) >= 11 is 0. The van der Waals surface area contributed by atoms with E-state index in [9.17, 15) is 4.79 Å². The van der Waals surface area contributed by atoms with Crippen LogP contribution in [-0.4, -0.2) is 42.8 Å². The standard InChI is InChI=1S/C17H26N2O3/c1-17(2,3)22-16(20)19-10-9-15(18)14(11-19)12-5-7-13(21-4)8-6-12/h5-8,14-15H,9-11,18H2,1-4H3/t14-,15-/m1/s1. The van der Waals surface area contributed by atoms with E-state index in [4.69, 9.17) is 15.2 Å². The lowest BCUT2D eigenvalue weighted by molar-refractivity contribution is 0.0186. The number of carbonyl (C=O) groups excluding carboxylic acids is 1. The molecule has 1 aliphatic heterocycles. The molecule has 0 radical (unpaired) electrons. The molecule has 1 aromatic rings. The Bertz CT molecular complexity index is 508. The second-order valence-electron chi connectivity index (χ2n) is 6.76. The maximum absolute atomic E-state index is 12.2. The Morgan fingerprint density at radius 2 is 1.91 bits per heavy atom. The molecular weight excluding hydrogens is 280 g/mol. The van der Waals surface area contributed by atoms with Crippen LogP contribution in [0.15, 0.2) is 24.3 Å². The number of carbonyl (C=O) groups is 1. The van der Waals surface area contributed by atoms with Crippen LogP contribution in [0.2, 0.25) is 0 Å². The van der Waals surface area contributed by atoms with Crippen molar-refractivity contribution in [3.05, 3.63) is 29.8 Å². The van der Waals surface area contributed by atoms with E-state index in [1.54, 1.807) is 12.0 Å². The zero-order valence-corrected chi connectivity index (χ0v) is 13.8. The van der Waals surface area contributed by atoms with Crippen molar-refractivity contribution in [2.75, 3.05) is 20.2 Å². The minimum absolute atomic E-state index is 0.0482. The van der Waals surface area contributed by atoms with E-state index < -0.39 is 5.60 Å². The molecule has 1 heterocycles. The normalized spacial score (nSPS) is 22.3. The number of amides is 1. The third kappa shape index (κ3) is 4.13. The lowest BCUT2D eigenvalue weighted by Gasteiger charge is -2.37. The van der Waals surface area contributed by atoms with Crippen LogP contribution in [-0.2, 0) is 4.74 Å².